The predicted octanol–water partition coefficient (Wildman–Crippen LogP) is 0.566. The number of hydrogen-bond acceptors (Lipinski definition) is 3. The Hall–Kier alpha value is -0.900. The third-order valence-corrected chi connectivity index (χ3v) is 4.32. The molecule has 94 valence electrons. The zero-order valence-corrected chi connectivity index (χ0v) is 10.2. The summed E-state index contributed by atoms with van der Waals surface area (Å²) in [6, 6.07) is 0.364. The van der Waals surface area contributed by atoms with Gasteiger partial charge in [0.2, 0.25) is 5.91 Å². The van der Waals surface area contributed by atoms with Crippen LogP contribution >= 0.6 is 0 Å². The second-order valence-electron chi connectivity index (χ2n) is 5.74. The van der Waals surface area contributed by atoms with Crippen LogP contribution in [0.4, 0.5) is 0 Å². The van der Waals surface area contributed by atoms with Crippen LogP contribution in [0.25, 0.3) is 0 Å². The van der Waals surface area contributed by atoms with Gasteiger partial charge in [0.05, 0.1) is 6.54 Å². The maximum atomic E-state index is 11.8. The number of likely N-dealkylation sites (tertiary alicyclic amines) is 1. The van der Waals surface area contributed by atoms with Gasteiger partial charge in [-0.25, -0.2) is 0 Å². The number of ketones is 1. The van der Waals surface area contributed by atoms with E-state index in [1.165, 1.54) is 0 Å². The minimum atomic E-state index is 0.203. The molecule has 2 saturated heterocycles. The average Bonchev–Trinajstić information content (AvgIpc) is 3.13. The molecule has 17 heavy (non-hydrogen) atoms. The quantitative estimate of drug-likeness (QED) is 0.779. The molecule has 1 saturated carbocycles. The molecule has 2 heterocycles. The largest absolute Gasteiger partial charge is 0.353 e. The zero-order chi connectivity index (χ0) is 11.8. The molecular formula is C13H20N2O2. The van der Waals surface area contributed by atoms with Crippen LogP contribution in [0.15, 0.2) is 0 Å². The molecule has 0 aromatic heterocycles. The maximum Gasteiger partial charge on any atom is 0.220 e. The van der Waals surface area contributed by atoms with Crippen molar-refractivity contribution in [3.05, 3.63) is 0 Å². The van der Waals surface area contributed by atoms with Gasteiger partial charge in [0.1, 0.15) is 5.78 Å². The highest BCUT2D eigenvalue weighted by molar-refractivity contribution is 5.85. The molecule has 0 bridgehead atoms. The van der Waals surface area contributed by atoms with E-state index in [1.807, 2.05) is 0 Å². The fourth-order valence-corrected chi connectivity index (χ4v) is 3.08. The lowest BCUT2D eigenvalue weighted by atomic mass is 9.85. The van der Waals surface area contributed by atoms with Gasteiger partial charge in [-0.05, 0) is 31.6 Å². The van der Waals surface area contributed by atoms with Gasteiger partial charge in [-0.3, -0.25) is 14.5 Å². The summed E-state index contributed by atoms with van der Waals surface area (Å²) in [5, 5.41) is 3.08. The number of hydrogen-bond donors (Lipinski definition) is 1. The monoisotopic (exact) mass is 236 g/mol. The number of Topliss-reactive ketones (excluding diaryl/α,β-unsaturated/α-hetero) is 1. The third kappa shape index (κ3) is 2.51. The van der Waals surface area contributed by atoms with Gasteiger partial charge in [0.25, 0.3) is 0 Å². The van der Waals surface area contributed by atoms with Crippen molar-refractivity contribution in [3.8, 4) is 0 Å². The SMILES string of the molecule is O=C1CCC2CN(CC(=O)C3CC3)CCC2N1. The van der Waals surface area contributed by atoms with Crippen molar-refractivity contribution in [3.63, 3.8) is 0 Å². The van der Waals surface area contributed by atoms with Crippen LogP contribution < -0.4 is 5.32 Å². The highest BCUT2D eigenvalue weighted by Crippen LogP contribution is 2.31. The first-order valence-electron chi connectivity index (χ1n) is 6.77. The fourth-order valence-electron chi connectivity index (χ4n) is 3.08. The number of amides is 1. The van der Waals surface area contributed by atoms with Crippen LogP contribution in [-0.4, -0.2) is 42.3 Å². The highest BCUT2D eigenvalue weighted by atomic mass is 16.1. The van der Waals surface area contributed by atoms with Crippen LogP contribution in [-0.2, 0) is 9.59 Å². The van der Waals surface area contributed by atoms with Gasteiger partial charge < -0.3 is 5.32 Å². The first-order chi connectivity index (χ1) is 8.22. The number of nitrogens with one attached hydrogen (secondary N) is 1. The molecule has 0 aromatic rings. The summed E-state index contributed by atoms with van der Waals surface area (Å²) in [5.41, 5.74) is 0. The van der Waals surface area contributed by atoms with E-state index in [0.29, 0.717) is 36.6 Å². The predicted molar refractivity (Wildman–Crippen MR) is 63.4 cm³/mol. The smallest absolute Gasteiger partial charge is 0.220 e. The molecule has 1 amide bonds. The summed E-state index contributed by atoms with van der Waals surface area (Å²) in [7, 11) is 0. The lowest BCUT2D eigenvalue weighted by Crippen LogP contribution is -2.54. The topological polar surface area (TPSA) is 49.4 Å². The van der Waals surface area contributed by atoms with Gasteiger partial charge in [-0.15, -0.1) is 0 Å². The van der Waals surface area contributed by atoms with E-state index in [2.05, 4.69) is 10.2 Å². The summed E-state index contributed by atoms with van der Waals surface area (Å²) < 4.78 is 0. The van der Waals surface area contributed by atoms with Gasteiger partial charge in [-0.2, -0.15) is 0 Å². The molecular weight excluding hydrogens is 216 g/mol. The van der Waals surface area contributed by atoms with E-state index >= 15 is 0 Å². The normalized spacial score (nSPS) is 34.0. The standard InChI is InChI=1S/C13H20N2O2/c16-12(9-1-2-9)8-15-6-5-11-10(7-15)3-4-13(17)14-11/h9-11H,1-8H2,(H,14,17). The van der Waals surface area contributed by atoms with E-state index in [0.717, 1.165) is 38.8 Å². The van der Waals surface area contributed by atoms with Crippen molar-refractivity contribution in [1.29, 1.82) is 0 Å². The van der Waals surface area contributed by atoms with Crippen molar-refractivity contribution in [2.24, 2.45) is 11.8 Å². The number of nitrogens with zero attached hydrogens (tertiary/aromatic N) is 1. The molecule has 2 aliphatic heterocycles. The number of rotatable bonds is 3. The second kappa shape index (κ2) is 4.41. The summed E-state index contributed by atoms with van der Waals surface area (Å²) >= 11 is 0. The molecule has 4 heteroatoms. The minimum Gasteiger partial charge on any atom is -0.353 e. The van der Waals surface area contributed by atoms with Crippen molar-refractivity contribution in [2.45, 2.75) is 38.1 Å². The summed E-state index contributed by atoms with van der Waals surface area (Å²) in [5.74, 6) is 1.57. The Balaban J connectivity index is 1.53. The molecule has 2 unspecified atom stereocenters. The average molecular weight is 236 g/mol. The van der Waals surface area contributed by atoms with Gasteiger partial charge in [0, 0.05) is 31.5 Å². The number of fused-ring (bicyclic) bond motifs is 1. The summed E-state index contributed by atoms with van der Waals surface area (Å²) in [6.07, 6.45) is 4.87. The van der Waals surface area contributed by atoms with Crippen molar-refractivity contribution < 1.29 is 9.59 Å². The third-order valence-electron chi connectivity index (χ3n) is 4.32. The zero-order valence-electron chi connectivity index (χ0n) is 10.2. The lowest BCUT2D eigenvalue weighted by Gasteiger charge is -2.41. The Bertz CT molecular complexity index is 338. The molecule has 0 radical (unpaired) electrons. The Morgan fingerprint density at radius 3 is 2.88 bits per heavy atom. The lowest BCUT2D eigenvalue weighted by molar-refractivity contribution is -0.127. The first-order valence-corrected chi connectivity index (χ1v) is 6.77. The minimum absolute atomic E-state index is 0.203. The maximum absolute atomic E-state index is 11.8. The Labute approximate surface area is 102 Å². The van der Waals surface area contributed by atoms with Crippen LogP contribution in [0, 0.1) is 11.8 Å². The first kappa shape index (κ1) is 11.2. The highest BCUT2D eigenvalue weighted by Gasteiger charge is 2.36. The summed E-state index contributed by atoms with van der Waals surface area (Å²) in [4.78, 5) is 25.4. The van der Waals surface area contributed by atoms with Crippen molar-refractivity contribution in [1.82, 2.24) is 10.2 Å². The van der Waals surface area contributed by atoms with Gasteiger partial charge in [-0.1, -0.05) is 0 Å². The molecule has 1 aliphatic carbocycles. The number of piperidine rings is 2. The van der Waals surface area contributed by atoms with E-state index < -0.39 is 0 Å². The molecule has 1 N–H and O–H groups in total. The fraction of sp³-hybridized carbons (Fsp3) is 0.846. The Morgan fingerprint density at radius 2 is 2.12 bits per heavy atom. The van der Waals surface area contributed by atoms with Crippen LogP contribution in [0.3, 0.4) is 0 Å². The second-order valence-corrected chi connectivity index (χ2v) is 5.74. The van der Waals surface area contributed by atoms with E-state index in [4.69, 9.17) is 0 Å². The molecule has 3 aliphatic rings. The van der Waals surface area contributed by atoms with Crippen molar-refractivity contribution in [2.75, 3.05) is 19.6 Å². The van der Waals surface area contributed by atoms with Crippen LogP contribution in [0.5, 0.6) is 0 Å². The molecule has 3 rings (SSSR count). The summed E-state index contributed by atoms with van der Waals surface area (Å²) in [6.45, 7) is 2.59. The van der Waals surface area contributed by atoms with E-state index in [9.17, 15) is 9.59 Å². The Kier molecular flexibility index (Phi) is 2.90. The molecule has 3 fully saturated rings. The van der Waals surface area contributed by atoms with E-state index in [1.54, 1.807) is 0 Å². The number of carbonyl (C=O) groups is 2. The van der Waals surface area contributed by atoms with Gasteiger partial charge >= 0.3 is 0 Å². The molecule has 2 atom stereocenters. The van der Waals surface area contributed by atoms with Gasteiger partial charge in [0.15, 0.2) is 0 Å². The Morgan fingerprint density at radius 1 is 1.29 bits per heavy atom. The van der Waals surface area contributed by atoms with Crippen LogP contribution in [0.2, 0.25) is 0 Å². The molecule has 0 aromatic carbocycles. The van der Waals surface area contributed by atoms with Crippen LogP contribution in [0.1, 0.15) is 32.1 Å². The number of carbonyl (C=O) groups excluding carboxylic acids is 2. The van der Waals surface area contributed by atoms with Crippen molar-refractivity contribution >= 4 is 11.7 Å². The molecule has 0 spiro atoms. The molecule has 4 nitrogen and oxygen atoms in total. The van der Waals surface area contributed by atoms with E-state index in [-0.39, 0.29) is 5.91 Å².